The number of carbonyl (C=O) groups is 1. The second-order valence-electron chi connectivity index (χ2n) is 4.54. The monoisotopic (exact) mass is 270 g/mol. The minimum absolute atomic E-state index is 0.00279. The first kappa shape index (κ1) is 13.9. The summed E-state index contributed by atoms with van der Waals surface area (Å²) in [5.41, 5.74) is 7.78. The van der Waals surface area contributed by atoms with E-state index >= 15 is 0 Å². The molecular formula is C16H18N2O2. The lowest BCUT2D eigenvalue weighted by molar-refractivity contribution is 0.0750. The van der Waals surface area contributed by atoms with E-state index in [0.717, 1.165) is 5.56 Å². The average Bonchev–Trinajstić information content (AvgIpc) is 2.46. The second kappa shape index (κ2) is 6.10. The van der Waals surface area contributed by atoms with Crippen molar-refractivity contribution < 1.29 is 9.90 Å². The standard InChI is InChI=1S/C16H18N2O2/c1-2-18(11-12-7-3-5-9-14(12)17)16(20)13-8-4-6-10-15(13)19/h3-10,19H,2,11,17H2,1H3. The van der Waals surface area contributed by atoms with Crippen LogP contribution in [0.3, 0.4) is 0 Å². The van der Waals surface area contributed by atoms with E-state index in [0.29, 0.717) is 24.3 Å². The van der Waals surface area contributed by atoms with E-state index in [2.05, 4.69) is 0 Å². The molecule has 2 aromatic carbocycles. The van der Waals surface area contributed by atoms with Crippen LogP contribution >= 0.6 is 0 Å². The molecule has 0 saturated heterocycles. The minimum atomic E-state index is -0.200. The molecule has 2 aromatic rings. The van der Waals surface area contributed by atoms with Crippen molar-refractivity contribution in [1.82, 2.24) is 4.90 Å². The van der Waals surface area contributed by atoms with E-state index in [1.165, 1.54) is 6.07 Å². The Morgan fingerprint density at radius 1 is 1.15 bits per heavy atom. The Bertz CT molecular complexity index is 611. The fourth-order valence-electron chi connectivity index (χ4n) is 2.04. The highest BCUT2D eigenvalue weighted by Crippen LogP contribution is 2.20. The van der Waals surface area contributed by atoms with Crippen molar-refractivity contribution >= 4 is 11.6 Å². The molecule has 20 heavy (non-hydrogen) atoms. The number of benzene rings is 2. The third kappa shape index (κ3) is 2.91. The number of nitrogens with two attached hydrogens (primary N) is 1. The van der Waals surface area contributed by atoms with Crippen LogP contribution in [-0.4, -0.2) is 22.5 Å². The van der Waals surface area contributed by atoms with Crippen LogP contribution in [0.4, 0.5) is 5.69 Å². The van der Waals surface area contributed by atoms with Gasteiger partial charge in [0.1, 0.15) is 5.75 Å². The maximum atomic E-state index is 12.4. The highest BCUT2D eigenvalue weighted by Gasteiger charge is 2.18. The molecule has 2 rings (SSSR count). The number of nitrogen functional groups attached to an aromatic ring is 1. The van der Waals surface area contributed by atoms with Gasteiger partial charge in [-0.25, -0.2) is 0 Å². The number of para-hydroxylation sites is 2. The van der Waals surface area contributed by atoms with Crippen molar-refractivity contribution in [2.75, 3.05) is 12.3 Å². The molecule has 0 aliphatic carbocycles. The topological polar surface area (TPSA) is 66.6 Å². The summed E-state index contributed by atoms with van der Waals surface area (Å²) >= 11 is 0. The second-order valence-corrected chi connectivity index (χ2v) is 4.54. The molecule has 104 valence electrons. The molecule has 1 amide bonds. The van der Waals surface area contributed by atoms with Crippen molar-refractivity contribution in [3.63, 3.8) is 0 Å². The Kier molecular flexibility index (Phi) is 4.25. The number of nitrogens with zero attached hydrogens (tertiary/aromatic N) is 1. The van der Waals surface area contributed by atoms with Gasteiger partial charge in [0, 0.05) is 18.8 Å². The zero-order valence-corrected chi connectivity index (χ0v) is 11.4. The first-order chi connectivity index (χ1) is 9.63. The summed E-state index contributed by atoms with van der Waals surface area (Å²) in [6.07, 6.45) is 0. The van der Waals surface area contributed by atoms with Gasteiger partial charge in [0.25, 0.3) is 5.91 Å². The predicted molar refractivity (Wildman–Crippen MR) is 79.4 cm³/mol. The SMILES string of the molecule is CCN(Cc1ccccc1N)C(=O)c1ccccc1O. The number of phenolic OH excluding ortho intramolecular Hbond substituents is 1. The van der Waals surface area contributed by atoms with E-state index < -0.39 is 0 Å². The van der Waals surface area contributed by atoms with Crippen LogP contribution in [0.2, 0.25) is 0 Å². The van der Waals surface area contributed by atoms with Crippen molar-refractivity contribution in [3.8, 4) is 5.75 Å². The molecule has 0 saturated carbocycles. The quantitative estimate of drug-likeness (QED) is 0.839. The molecule has 0 aliphatic rings. The average molecular weight is 270 g/mol. The summed E-state index contributed by atoms with van der Waals surface area (Å²) in [5.74, 6) is -0.203. The highest BCUT2D eigenvalue weighted by atomic mass is 16.3. The molecule has 4 nitrogen and oxygen atoms in total. The lowest BCUT2D eigenvalue weighted by Crippen LogP contribution is -2.30. The molecule has 0 bridgehead atoms. The number of hydrogen-bond acceptors (Lipinski definition) is 3. The number of aromatic hydroxyl groups is 1. The first-order valence-corrected chi connectivity index (χ1v) is 6.54. The zero-order valence-electron chi connectivity index (χ0n) is 11.4. The fourth-order valence-corrected chi connectivity index (χ4v) is 2.04. The Balaban J connectivity index is 2.23. The number of amides is 1. The molecule has 0 unspecified atom stereocenters. The van der Waals surface area contributed by atoms with Crippen LogP contribution in [0.25, 0.3) is 0 Å². The van der Waals surface area contributed by atoms with Gasteiger partial charge in [-0.3, -0.25) is 4.79 Å². The first-order valence-electron chi connectivity index (χ1n) is 6.54. The van der Waals surface area contributed by atoms with Gasteiger partial charge < -0.3 is 15.7 Å². The predicted octanol–water partition coefficient (Wildman–Crippen LogP) is 2.64. The van der Waals surface area contributed by atoms with Crippen LogP contribution in [0, 0.1) is 0 Å². The lowest BCUT2D eigenvalue weighted by Gasteiger charge is -2.22. The molecule has 0 aromatic heterocycles. The van der Waals surface area contributed by atoms with Gasteiger partial charge >= 0.3 is 0 Å². The summed E-state index contributed by atoms with van der Waals surface area (Å²) in [6.45, 7) is 2.87. The molecule has 0 atom stereocenters. The van der Waals surface area contributed by atoms with Crippen LogP contribution in [0.1, 0.15) is 22.8 Å². The number of phenols is 1. The summed E-state index contributed by atoms with van der Waals surface area (Å²) in [5, 5.41) is 9.77. The van der Waals surface area contributed by atoms with E-state index in [1.807, 2.05) is 31.2 Å². The van der Waals surface area contributed by atoms with E-state index in [4.69, 9.17) is 5.73 Å². The number of rotatable bonds is 4. The Morgan fingerprint density at radius 3 is 2.45 bits per heavy atom. The van der Waals surface area contributed by atoms with Crippen LogP contribution < -0.4 is 5.73 Å². The van der Waals surface area contributed by atoms with Gasteiger partial charge in [-0.1, -0.05) is 30.3 Å². The van der Waals surface area contributed by atoms with Crippen LogP contribution in [-0.2, 0) is 6.54 Å². The lowest BCUT2D eigenvalue weighted by atomic mass is 10.1. The van der Waals surface area contributed by atoms with Crippen LogP contribution in [0.15, 0.2) is 48.5 Å². The third-order valence-electron chi connectivity index (χ3n) is 3.22. The Morgan fingerprint density at radius 2 is 1.80 bits per heavy atom. The molecule has 0 spiro atoms. The van der Waals surface area contributed by atoms with E-state index in [-0.39, 0.29) is 11.7 Å². The fraction of sp³-hybridized carbons (Fsp3) is 0.188. The summed E-state index contributed by atoms with van der Waals surface area (Å²) in [7, 11) is 0. The Hall–Kier alpha value is -2.49. The minimum Gasteiger partial charge on any atom is -0.507 e. The normalized spacial score (nSPS) is 10.2. The van der Waals surface area contributed by atoms with Crippen molar-refractivity contribution in [1.29, 1.82) is 0 Å². The smallest absolute Gasteiger partial charge is 0.257 e. The van der Waals surface area contributed by atoms with Gasteiger partial charge in [-0.05, 0) is 30.7 Å². The summed E-state index contributed by atoms with van der Waals surface area (Å²) < 4.78 is 0. The summed E-state index contributed by atoms with van der Waals surface area (Å²) in [4.78, 5) is 14.1. The van der Waals surface area contributed by atoms with Gasteiger partial charge in [-0.15, -0.1) is 0 Å². The maximum absolute atomic E-state index is 12.4. The molecule has 3 N–H and O–H groups in total. The van der Waals surface area contributed by atoms with Gasteiger partial charge in [0.15, 0.2) is 0 Å². The number of anilines is 1. The van der Waals surface area contributed by atoms with Gasteiger partial charge in [-0.2, -0.15) is 0 Å². The largest absolute Gasteiger partial charge is 0.507 e. The van der Waals surface area contributed by atoms with Crippen molar-refractivity contribution in [2.45, 2.75) is 13.5 Å². The molecular weight excluding hydrogens is 252 g/mol. The maximum Gasteiger partial charge on any atom is 0.257 e. The van der Waals surface area contributed by atoms with Gasteiger partial charge in [0.05, 0.1) is 5.56 Å². The van der Waals surface area contributed by atoms with Gasteiger partial charge in [0.2, 0.25) is 0 Å². The molecule has 0 fully saturated rings. The number of carbonyl (C=O) groups excluding carboxylic acids is 1. The zero-order chi connectivity index (χ0) is 14.5. The van der Waals surface area contributed by atoms with Crippen molar-refractivity contribution in [3.05, 3.63) is 59.7 Å². The highest BCUT2D eigenvalue weighted by molar-refractivity contribution is 5.96. The third-order valence-corrected chi connectivity index (χ3v) is 3.22. The molecule has 0 radical (unpaired) electrons. The van der Waals surface area contributed by atoms with Crippen LogP contribution in [0.5, 0.6) is 5.75 Å². The molecule has 4 heteroatoms. The molecule has 0 heterocycles. The van der Waals surface area contributed by atoms with Crippen molar-refractivity contribution in [2.24, 2.45) is 0 Å². The number of hydrogen-bond donors (Lipinski definition) is 2. The van der Waals surface area contributed by atoms with E-state index in [1.54, 1.807) is 23.1 Å². The van der Waals surface area contributed by atoms with E-state index in [9.17, 15) is 9.90 Å². The summed E-state index contributed by atoms with van der Waals surface area (Å²) in [6, 6.07) is 14.0. The Labute approximate surface area is 118 Å². The molecule has 0 aliphatic heterocycles.